The van der Waals surface area contributed by atoms with Crippen molar-refractivity contribution in [1.82, 2.24) is 15.0 Å². The van der Waals surface area contributed by atoms with Crippen molar-refractivity contribution in [3.05, 3.63) is 186 Å². The molecule has 10 rings (SSSR count). The third-order valence-electron chi connectivity index (χ3n) is 10.2. The summed E-state index contributed by atoms with van der Waals surface area (Å²) in [5.74, 6) is 1.98. The van der Waals surface area contributed by atoms with Crippen LogP contribution in [0.1, 0.15) is 22.3 Å². The van der Waals surface area contributed by atoms with Gasteiger partial charge in [-0.3, -0.25) is 0 Å². The molecular formula is C47H31N3. The van der Waals surface area contributed by atoms with Crippen LogP contribution in [0.15, 0.2) is 164 Å². The van der Waals surface area contributed by atoms with Gasteiger partial charge in [0.1, 0.15) is 0 Å². The van der Waals surface area contributed by atoms with Gasteiger partial charge in [0.15, 0.2) is 17.5 Å². The molecule has 3 nitrogen and oxygen atoms in total. The molecule has 0 atom stereocenters. The summed E-state index contributed by atoms with van der Waals surface area (Å²) in [6.45, 7) is 0. The van der Waals surface area contributed by atoms with Gasteiger partial charge >= 0.3 is 0 Å². The van der Waals surface area contributed by atoms with Gasteiger partial charge in [0, 0.05) is 16.7 Å². The molecule has 0 spiro atoms. The average molecular weight is 638 g/mol. The Bertz CT molecular complexity index is 2440. The van der Waals surface area contributed by atoms with Crippen LogP contribution in [-0.2, 0) is 12.8 Å². The van der Waals surface area contributed by atoms with Crippen molar-refractivity contribution in [3.63, 3.8) is 0 Å². The quantitative estimate of drug-likeness (QED) is 0.188. The maximum absolute atomic E-state index is 5.16. The molecule has 0 unspecified atom stereocenters. The number of fused-ring (bicyclic) bond motifs is 6. The summed E-state index contributed by atoms with van der Waals surface area (Å²) in [7, 11) is 0. The van der Waals surface area contributed by atoms with Gasteiger partial charge in [0.25, 0.3) is 0 Å². The van der Waals surface area contributed by atoms with Gasteiger partial charge in [-0.2, -0.15) is 0 Å². The predicted octanol–water partition coefficient (Wildman–Crippen LogP) is 11.3. The van der Waals surface area contributed by atoms with Crippen LogP contribution in [0.5, 0.6) is 0 Å². The van der Waals surface area contributed by atoms with Gasteiger partial charge in [0.2, 0.25) is 0 Å². The molecule has 50 heavy (non-hydrogen) atoms. The van der Waals surface area contributed by atoms with E-state index >= 15 is 0 Å². The summed E-state index contributed by atoms with van der Waals surface area (Å²) in [5.41, 5.74) is 18.6. The first-order valence-electron chi connectivity index (χ1n) is 17.2. The second-order valence-electron chi connectivity index (χ2n) is 13.2. The van der Waals surface area contributed by atoms with E-state index in [9.17, 15) is 0 Å². The molecule has 234 valence electrons. The van der Waals surface area contributed by atoms with Crippen molar-refractivity contribution in [2.45, 2.75) is 12.8 Å². The van der Waals surface area contributed by atoms with E-state index in [2.05, 4.69) is 146 Å². The zero-order valence-corrected chi connectivity index (χ0v) is 27.3. The van der Waals surface area contributed by atoms with Gasteiger partial charge in [0.05, 0.1) is 0 Å². The SMILES string of the molecule is c1ccc(-c2nc(-c3cccc(-c4cccc5c4Cc4ccccc4-5)c3)nc(-c3cccc(-c4cccc5c4Cc4ccccc4-5)c3)n2)cc1. The molecule has 0 aliphatic heterocycles. The average Bonchev–Trinajstić information content (AvgIpc) is 3.77. The van der Waals surface area contributed by atoms with Crippen LogP contribution in [0, 0.1) is 0 Å². The number of benzene rings is 7. The molecule has 7 aromatic carbocycles. The van der Waals surface area contributed by atoms with Crippen LogP contribution < -0.4 is 0 Å². The van der Waals surface area contributed by atoms with Crippen molar-refractivity contribution in [1.29, 1.82) is 0 Å². The number of nitrogens with zero attached hydrogens (tertiary/aromatic N) is 3. The van der Waals surface area contributed by atoms with E-state index in [-0.39, 0.29) is 0 Å². The molecule has 0 amide bonds. The van der Waals surface area contributed by atoms with E-state index < -0.39 is 0 Å². The zero-order valence-electron chi connectivity index (χ0n) is 27.3. The molecule has 2 aliphatic rings. The third-order valence-corrected chi connectivity index (χ3v) is 10.2. The Morgan fingerprint density at radius 3 is 1.16 bits per heavy atom. The van der Waals surface area contributed by atoms with Crippen molar-refractivity contribution in [2.75, 3.05) is 0 Å². The Balaban J connectivity index is 1.08. The second-order valence-corrected chi connectivity index (χ2v) is 13.2. The number of rotatable bonds is 5. The summed E-state index contributed by atoms with van der Waals surface area (Å²) in [4.78, 5) is 15.3. The molecule has 1 heterocycles. The standard InChI is InChI=1S/C47H31N3/c1-2-12-30(13-3-1)45-48-46(35-18-8-16-31(26-35)39-22-10-24-41-37-20-6-4-14-33(37)28-43(39)41)50-47(49-45)36-19-9-17-32(27-36)40-23-11-25-42-38-21-7-5-15-34(38)29-44(40)42/h1-27H,28-29H2. The molecule has 0 fully saturated rings. The van der Waals surface area contributed by atoms with Gasteiger partial charge < -0.3 is 0 Å². The molecule has 3 heteroatoms. The van der Waals surface area contributed by atoms with E-state index in [1.54, 1.807) is 0 Å². The van der Waals surface area contributed by atoms with Gasteiger partial charge in [-0.1, -0.05) is 152 Å². The molecule has 1 aromatic heterocycles. The summed E-state index contributed by atoms with van der Waals surface area (Å²) in [6.07, 6.45) is 1.88. The highest BCUT2D eigenvalue weighted by molar-refractivity contribution is 5.87. The van der Waals surface area contributed by atoms with Crippen LogP contribution in [0.3, 0.4) is 0 Å². The lowest BCUT2D eigenvalue weighted by molar-refractivity contribution is 1.07. The summed E-state index contributed by atoms with van der Waals surface area (Å²) < 4.78 is 0. The molecule has 0 N–H and O–H groups in total. The van der Waals surface area contributed by atoms with Crippen molar-refractivity contribution in [2.24, 2.45) is 0 Å². The summed E-state index contributed by atoms with van der Waals surface area (Å²) in [5, 5.41) is 0. The lowest BCUT2D eigenvalue weighted by atomic mass is 9.94. The van der Waals surface area contributed by atoms with E-state index in [0.29, 0.717) is 17.5 Å². The second kappa shape index (κ2) is 11.6. The molecule has 0 radical (unpaired) electrons. The van der Waals surface area contributed by atoms with Crippen LogP contribution in [0.4, 0.5) is 0 Å². The summed E-state index contributed by atoms with van der Waals surface area (Å²) >= 11 is 0. The van der Waals surface area contributed by atoms with Crippen molar-refractivity contribution >= 4 is 0 Å². The molecule has 0 saturated heterocycles. The topological polar surface area (TPSA) is 38.7 Å². The minimum atomic E-state index is 0.660. The fraction of sp³-hybridized carbons (Fsp3) is 0.0426. The highest BCUT2D eigenvalue weighted by Crippen LogP contribution is 2.43. The smallest absolute Gasteiger partial charge is 0.164 e. The van der Waals surface area contributed by atoms with Crippen molar-refractivity contribution in [3.8, 4) is 78.7 Å². The normalized spacial score (nSPS) is 12.2. The van der Waals surface area contributed by atoms with Crippen LogP contribution >= 0.6 is 0 Å². The molecule has 8 aromatic rings. The monoisotopic (exact) mass is 637 g/mol. The van der Waals surface area contributed by atoms with E-state index in [1.165, 1.54) is 55.6 Å². The van der Waals surface area contributed by atoms with Gasteiger partial charge in [-0.05, 0) is 91.7 Å². The van der Waals surface area contributed by atoms with Crippen LogP contribution in [0.25, 0.3) is 78.7 Å². The van der Waals surface area contributed by atoms with Crippen molar-refractivity contribution < 1.29 is 0 Å². The largest absolute Gasteiger partial charge is 0.208 e. The summed E-state index contributed by atoms with van der Waals surface area (Å²) in [6, 6.07) is 58.3. The molecular weight excluding hydrogens is 607 g/mol. The Labute approximate surface area is 291 Å². The number of hydrogen-bond acceptors (Lipinski definition) is 3. The minimum absolute atomic E-state index is 0.660. The van der Waals surface area contributed by atoms with Gasteiger partial charge in [-0.25, -0.2) is 15.0 Å². The third kappa shape index (κ3) is 4.78. The zero-order chi connectivity index (χ0) is 33.0. The molecule has 2 aliphatic carbocycles. The predicted molar refractivity (Wildman–Crippen MR) is 203 cm³/mol. The lowest BCUT2D eigenvalue weighted by Gasteiger charge is -2.13. The maximum Gasteiger partial charge on any atom is 0.164 e. The maximum atomic E-state index is 5.16. The Morgan fingerprint density at radius 1 is 0.280 bits per heavy atom. The lowest BCUT2D eigenvalue weighted by Crippen LogP contribution is -2.00. The first-order chi connectivity index (χ1) is 24.8. The highest BCUT2D eigenvalue weighted by atomic mass is 15.0. The fourth-order valence-corrected chi connectivity index (χ4v) is 7.86. The van der Waals surface area contributed by atoms with Crippen LogP contribution in [0.2, 0.25) is 0 Å². The van der Waals surface area contributed by atoms with Gasteiger partial charge in [-0.15, -0.1) is 0 Å². The first-order valence-corrected chi connectivity index (χ1v) is 17.2. The Morgan fingerprint density at radius 2 is 0.640 bits per heavy atom. The highest BCUT2D eigenvalue weighted by Gasteiger charge is 2.23. The molecule has 0 bridgehead atoms. The Hall–Kier alpha value is -6.45. The minimum Gasteiger partial charge on any atom is -0.208 e. The van der Waals surface area contributed by atoms with Crippen LogP contribution in [-0.4, -0.2) is 15.0 Å². The van der Waals surface area contributed by atoms with E-state index in [4.69, 9.17) is 15.0 Å². The Kier molecular flexibility index (Phi) is 6.63. The molecule has 0 saturated carbocycles. The first kappa shape index (κ1) is 28.6. The van der Waals surface area contributed by atoms with E-state index in [0.717, 1.165) is 40.7 Å². The number of hydrogen-bond donors (Lipinski definition) is 0. The fourth-order valence-electron chi connectivity index (χ4n) is 7.86. The number of aromatic nitrogens is 3. The van der Waals surface area contributed by atoms with E-state index in [1.807, 2.05) is 18.2 Å².